The second kappa shape index (κ2) is 7.41. The summed E-state index contributed by atoms with van der Waals surface area (Å²) >= 11 is 6.48. The van der Waals surface area contributed by atoms with Crippen LogP contribution in [0.25, 0.3) is 0 Å². The van der Waals surface area contributed by atoms with Crippen molar-refractivity contribution in [3.8, 4) is 5.75 Å². The molecule has 0 aliphatic heterocycles. The van der Waals surface area contributed by atoms with Gasteiger partial charge < -0.3 is 16.3 Å². The molecule has 0 radical (unpaired) electrons. The van der Waals surface area contributed by atoms with Crippen molar-refractivity contribution in [2.75, 3.05) is 0 Å². The van der Waals surface area contributed by atoms with Crippen molar-refractivity contribution < 1.29 is 17.9 Å². The Morgan fingerprint density at radius 1 is 0.917 bits per heavy atom. The van der Waals surface area contributed by atoms with E-state index in [9.17, 15) is 13.2 Å². The lowest BCUT2D eigenvalue weighted by Gasteiger charge is -2.43. The molecule has 0 N–H and O–H groups in total. The Morgan fingerprint density at radius 2 is 1.38 bits per heavy atom. The largest absolute Gasteiger partial charge is 0.573 e. The highest BCUT2D eigenvalue weighted by atomic mass is 35.5. The van der Waals surface area contributed by atoms with Gasteiger partial charge in [0.05, 0.1) is 5.30 Å². The zero-order chi connectivity index (χ0) is 17.2. The van der Waals surface area contributed by atoms with E-state index in [-0.39, 0.29) is 5.75 Å². The minimum Gasteiger partial charge on any atom is -0.406 e. The van der Waals surface area contributed by atoms with Gasteiger partial charge in [-0.05, 0) is 75.6 Å². The quantitative estimate of drug-likeness (QED) is 0.421. The fourth-order valence-corrected chi connectivity index (χ4v) is 10.8. The normalized spacial score (nSPS) is 20.7. The number of alkyl halides is 3. The molecule has 1 aromatic rings. The summed E-state index contributed by atoms with van der Waals surface area (Å²) < 4.78 is 41.2. The first-order valence-electron chi connectivity index (χ1n) is 8.65. The average Bonchev–Trinajstić information content (AvgIpc) is 3.22. The van der Waals surface area contributed by atoms with Crippen molar-refractivity contribution in [2.24, 2.45) is 0 Å². The standard InChI is InChI=1S/C18H23ClF3OP/c19-13-24(15-5-1-2-6-15,16-7-3-4-8-16)17-11-9-14(10-12-17)23-18(20,21)22/h9-13,15-16H,1-8H2. The highest BCUT2D eigenvalue weighted by Crippen LogP contribution is 2.74. The predicted molar refractivity (Wildman–Crippen MR) is 94.3 cm³/mol. The van der Waals surface area contributed by atoms with E-state index in [0.717, 1.165) is 5.30 Å². The topological polar surface area (TPSA) is 9.23 Å². The summed E-state index contributed by atoms with van der Waals surface area (Å²) in [7, 11) is -1.69. The third-order valence-corrected chi connectivity index (χ3v) is 11.5. The Bertz CT molecular complexity index is 518. The van der Waals surface area contributed by atoms with Crippen molar-refractivity contribution in [3.05, 3.63) is 29.9 Å². The highest BCUT2D eigenvalue weighted by Gasteiger charge is 2.48. The van der Waals surface area contributed by atoms with E-state index in [4.69, 9.17) is 11.6 Å². The van der Waals surface area contributed by atoms with Gasteiger partial charge in [-0.2, -0.15) is 0 Å². The molecule has 2 fully saturated rings. The van der Waals surface area contributed by atoms with Crippen LogP contribution < -0.4 is 10.0 Å². The van der Waals surface area contributed by atoms with Crippen LogP contribution in [0.15, 0.2) is 24.3 Å². The molecule has 0 amide bonds. The van der Waals surface area contributed by atoms with E-state index in [1.807, 2.05) is 17.8 Å². The van der Waals surface area contributed by atoms with Gasteiger partial charge in [0.1, 0.15) is 5.75 Å². The van der Waals surface area contributed by atoms with E-state index in [0.29, 0.717) is 11.3 Å². The first kappa shape index (κ1) is 18.3. The minimum absolute atomic E-state index is 0.156. The lowest BCUT2D eigenvalue weighted by atomic mass is 10.3. The van der Waals surface area contributed by atoms with Crippen molar-refractivity contribution in [2.45, 2.75) is 69.0 Å². The molecule has 134 valence electrons. The van der Waals surface area contributed by atoms with Crippen LogP contribution in [0.5, 0.6) is 5.75 Å². The number of hydrogen-bond donors (Lipinski definition) is 0. The van der Waals surface area contributed by atoms with Crippen LogP contribution in [-0.4, -0.2) is 17.7 Å². The van der Waals surface area contributed by atoms with Crippen LogP contribution in [-0.2, 0) is 0 Å². The lowest BCUT2D eigenvalue weighted by Crippen LogP contribution is -2.29. The Morgan fingerprint density at radius 3 is 1.75 bits per heavy atom. The molecule has 0 heterocycles. The molecule has 3 rings (SSSR count). The maximum Gasteiger partial charge on any atom is 0.573 e. The molecule has 0 saturated heterocycles. The highest BCUT2D eigenvalue weighted by molar-refractivity contribution is 7.87. The summed E-state index contributed by atoms with van der Waals surface area (Å²) in [6.45, 7) is 0. The summed E-state index contributed by atoms with van der Waals surface area (Å²) in [4.78, 5) is 0. The van der Waals surface area contributed by atoms with Gasteiger partial charge in [-0.3, -0.25) is 0 Å². The minimum atomic E-state index is -4.65. The smallest absolute Gasteiger partial charge is 0.406 e. The Labute approximate surface area is 147 Å². The van der Waals surface area contributed by atoms with Crippen LogP contribution in [0.2, 0.25) is 0 Å². The van der Waals surface area contributed by atoms with Crippen molar-refractivity contribution >= 4 is 24.2 Å². The molecular formula is C18H23ClF3OP. The number of halogens is 4. The molecule has 1 nitrogen and oxygen atoms in total. The summed E-state index contributed by atoms with van der Waals surface area (Å²) in [5, 5.41) is 1.14. The van der Waals surface area contributed by atoms with Crippen molar-refractivity contribution in [1.82, 2.24) is 0 Å². The average molecular weight is 379 g/mol. The summed E-state index contributed by atoms with van der Waals surface area (Å²) in [6, 6.07) is 6.54. The molecule has 1 aromatic carbocycles. The Kier molecular flexibility index (Phi) is 5.66. The van der Waals surface area contributed by atoms with Gasteiger partial charge in [0.15, 0.2) is 0 Å². The Hall–Kier alpha value is -0.470. The van der Waals surface area contributed by atoms with E-state index < -0.39 is 13.6 Å². The van der Waals surface area contributed by atoms with Gasteiger partial charge in [-0.1, -0.05) is 12.9 Å². The monoisotopic (exact) mass is 378 g/mol. The molecule has 2 aliphatic rings. The molecule has 0 unspecified atom stereocenters. The van der Waals surface area contributed by atoms with E-state index in [2.05, 4.69) is 4.74 Å². The van der Waals surface area contributed by atoms with Crippen LogP contribution in [0.3, 0.4) is 0 Å². The first-order valence-corrected chi connectivity index (χ1v) is 11.1. The molecule has 6 heteroatoms. The van der Waals surface area contributed by atoms with Crippen LogP contribution in [0.1, 0.15) is 51.4 Å². The molecular weight excluding hydrogens is 356 g/mol. The number of hydrogen-bond acceptors (Lipinski definition) is 1. The second-order valence-electron chi connectivity index (χ2n) is 6.85. The van der Waals surface area contributed by atoms with Crippen LogP contribution in [0.4, 0.5) is 13.2 Å². The fraction of sp³-hybridized carbons (Fsp3) is 0.611. The molecule has 2 saturated carbocycles. The lowest BCUT2D eigenvalue weighted by molar-refractivity contribution is -0.274. The maximum absolute atomic E-state index is 12.4. The predicted octanol–water partition coefficient (Wildman–Crippen LogP) is 6.47. The number of rotatable bonds is 5. The van der Waals surface area contributed by atoms with Gasteiger partial charge in [-0.25, -0.2) is 0 Å². The summed E-state index contributed by atoms with van der Waals surface area (Å²) in [5.74, 6) is -0.156. The van der Waals surface area contributed by atoms with Crippen LogP contribution >= 0.6 is 18.9 Å². The van der Waals surface area contributed by atoms with E-state index in [1.54, 1.807) is 0 Å². The molecule has 0 atom stereocenters. The Balaban J connectivity index is 1.92. The maximum atomic E-state index is 12.4. The fourth-order valence-electron chi connectivity index (χ4n) is 4.50. The molecule has 0 bridgehead atoms. The van der Waals surface area contributed by atoms with Crippen molar-refractivity contribution in [3.63, 3.8) is 0 Å². The summed E-state index contributed by atoms with van der Waals surface area (Å²) in [5.41, 5.74) is 3.11. The zero-order valence-corrected chi connectivity index (χ0v) is 15.2. The van der Waals surface area contributed by atoms with Gasteiger partial charge in [-0.15, -0.1) is 13.2 Å². The molecule has 24 heavy (non-hydrogen) atoms. The SMILES string of the molecule is FC(F)(F)Oc1ccc([P+]([CH-]Cl)(C2CCCC2)C2CCCC2)cc1. The summed E-state index contributed by atoms with van der Waals surface area (Å²) in [6.07, 6.45) is 5.05. The van der Waals surface area contributed by atoms with Gasteiger partial charge in [0.2, 0.25) is 0 Å². The van der Waals surface area contributed by atoms with Gasteiger partial charge in [0, 0.05) is 11.3 Å². The number of benzene rings is 1. The van der Waals surface area contributed by atoms with Gasteiger partial charge in [0.25, 0.3) is 0 Å². The molecule has 0 aromatic heterocycles. The first-order chi connectivity index (χ1) is 11.5. The number of ether oxygens (including phenoxy) is 1. The van der Waals surface area contributed by atoms with E-state index in [1.165, 1.54) is 63.5 Å². The van der Waals surface area contributed by atoms with Gasteiger partial charge >= 0.3 is 6.36 Å². The third-order valence-electron chi connectivity index (χ3n) is 5.54. The molecule has 0 spiro atoms. The molecule has 2 aliphatic carbocycles. The van der Waals surface area contributed by atoms with E-state index >= 15 is 0 Å². The second-order valence-corrected chi connectivity index (χ2v) is 11.3. The van der Waals surface area contributed by atoms with Crippen LogP contribution in [0, 0.1) is 5.62 Å². The van der Waals surface area contributed by atoms with Crippen molar-refractivity contribution in [1.29, 1.82) is 0 Å². The zero-order valence-electron chi connectivity index (χ0n) is 13.6. The third kappa shape index (κ3) is 3.70.